The molecule has 0 saturated carbocycles. The standard InChI is InChI=1S/C19H13.2C6H5.CH4O.2ClH.Ti/c1-2-7-16-13-17(10-9-14(16)5-1)19-12-11-15-6-3-4-8-18(15)19;2*1-2-4-6-5-3-1;1-2;;;/h1-12,19H;2*1-5H;2H,1H3;2*1H;/q3*-1;;;;+2/p-2. The molecule has 5 aromatic rings. The summed E-state index contributed by atoms with van der Waals surface area (Å²) in [5, 5.41) is 9.44. The van der Waals surface area contributed by atoms with Gasteiger partial charge in [-0.25, -0.2) is 0 Å². The third kappa shape index (κ3) is 10.1. The van der Waals surface area contributed by atoms with Crippen LogP contribution < -0.4 is 24.8 Å². The van der Waals surface area contributed by atoms with Crippen molar-refractivity contribution < 1.29 is 51.6 Å². The minimum atomic E-state index is 0. The quantitative estimate of drug-likeness (QED) is 0.249. The van der Waals surface area contributed by atoms with Gasteiger partial charge in [-0.2, -0.15) is 72.8 Å². The molecule has 0 aliphatic heterocycles. The summed E-state index contributed by atoms with van der Waals surface area (Å²) in [6.07, 6.45) is 4.48. The summed E-state index contributed by atoms with van der Waals surface area (Å²) in [5.74, 6) is 0.348. The third-order valence-electron chi connectivity index (χ3n) is 5.03. The van der Waals surface area contributed by atoms with Gasteiger partial charge in [0.05, 0.1) is 0 Å². The van der Waals surface area contributed by atoms with Gasteiger partial charge >= 0.3 is 21.7 Å². The van der Waals surface area contributed by atoms with Crippen molar-refractivity contribution in [2.45, 2.75) is 5.92 Å². The average molecular weight is 546 g/mol. The maximum atomic E-state index is 7.00. The van der Waals surface area contributed by atoms with E-state index < -0.39 is 0 Å². The molecule has 0 radical (unpaired) electrons. The predicted octanol–water partition coefficient (Wildman–Crippen LogP) is 1.39. The van der Waals surface area contributed by atoms with E-state index in [1.165, 1.54) is 27.5 Å². The number of rotatable bonds is 1. The molecule has 1 atom stereocenters. The maximum Gasteiger partial charge on any atom is 2.00 e. The fourth-order valence-electron chi connectivity index (χ4n) is 3.52. The smallest absolute Gasteiger partial charge is 1.00 e. The van der Waals surface area contributed by atoms with Crippen molar-refractivity contribution in [3.05, 3.63) is 162 Å². The second-order valence-corrected chi connectivity index (χ2v) is 7.12. The molecule has 1 aliphatic rings. The fourth-order valence-corrected chi connectivity index (χ4v) is 3.52. The fraction of sp³-hybridized carbons (Fsp3) is 0.0625. The molecule has 0 amide bonds. The molecule has 1 N–H and O–H groups in total. The van der Waals surface area contributed by atoms with Crippen molar-refractivity contribution in [2.24, 2.45) is 0 Å². The second-order valence-electron chi connectivity index (χ2n) is 7.12. The number of hydrogen-bond donors (Lipinski definition) is 1. The summed E-state index contributed by atoms with van der Waals surface area (Å²) in [7, 11) is 1.00. The van der Waals surface area contributed by atoms with Crippen LogP contribution in [0.25, 0.3) is 16.8 Å². The Hall–Kier alpha value is -2.65. The molecular weight excluding hydrogens is 519 g/mol. The number of fused-ring (bicyclic) bond motifs is 2. The van der Waals surface area contributed by atoms with Crippen molar-refractivity contribution in [1.29, 1.82) is 0 Å². The Morgan fingerprint density at radius 2 is 1.17 bits per heavy atom. The van der Waals surface area contributed by atoms with Crippen LogP contribution in [-0.4, -0.2) is 12.2 Å². The molecular formula is C32H27Cl2OTi-3. The molecule has 0 fully saturated rings. The SMILES string of the molecule is CO.[Cl-].[Cl-].[Ti+2].[c-]1c(C2C=Cc3ccccc32)ccc2ccccc12.[c-]1ccccc1.[c-]1ccccc1. The monoisotopic (exact) mass is 545 g/mol. The number of aliphatic hydroxyl groups excluding tert-OH is 1. The number of allylic oxidation sites excluding steroid dienone is 1. The molecule has 6 rings (SSSR count). The minimum absolute atomic E-state index is 0. The van der Waals surface area contributed by atoms with Crippen molar-refractivity contribution >= 4 is 16.8 Å². The first kappa shape index (κ1) is 33.4. The molecule has 36 heavy (non-hydrogen) atoms. The van der Waals surface area contributed by atoms with E-state index in [0.29, 0.717) is 5.92 Å². The summed E-state index contributed by atoms with van der Waals surface area (Å²) in [5.41, 5.74) is 3.96. The van der Waals surface area contributed by atoms with E-state index in [0.717, 1.165) is 7.11 Å². The van der Waals surface area contributed by atoms with Gasteiger partial charge in [-0.15, -0.1) is 46.7 Å². The molecule has 0 aromatic heterocycles. The number of halogens is 2. The van der Waals surface area contributed by atoms with Crippen LogP contribution in [0.2, 0.25) is 0 Å². The topological polar surface area (TPSA) is 20.2 Å². The zero-order chi connectivity index (χ0) is 23.1. The van der Waals surface area contributed by atoms with E-state index in [-0.39, 0.29) is 46.5 Å². The van der Waals surface area contributed by atoms with E-state index in [9.17, 15) is 0 Å². The van der Waals surface area contributed by atoms with Crippen molar-refractivity contribution in [3.63, 3.8) is 0 Å². The minimum Gasteiger partial charge on any atom is -1.00 e. The van der Waals surface area contributed by atoms with E-state index in [2.05, 4.69) is 91.0 Å². The van der Waals surface area contributed by atoms with Gasteiger partial charge in [-0.05, 0) is 11.1 Å². The molecule has 182 valence electrons. The van der Waals surface area contributed by atoms with Crippen LogP contribution in [0.5, 0.6) is 0 Å². The zero-order valence-corrected chi connectivity index (χ0v) is 23.1. The maximum absolute atomic E-state index is 7.00. The Kier molecular flexibility index (Phi) is 18.1. The van der Waals surface area contributed by atoms with Crippen molar-refractivity contribution in [1.82, 2.24) is 0 Å². The van der Waals surface area contributed by atoms with Crippen molar-refractivity contribution in [2.75, 3.05) is 7.11 Å². The van der Waals surface area contributed by atoms with Crippen LogP contribution in [0.3, 0.4) is 0 Å². The van der Waals surface area contributed by atoms with Crippen LogP contribution in [0.15, 0.2) is 127 Å². The van der Waals surface area contributed by atoms with Gasteiger partial charge in [-0.3, -0.25) is 0 Å². The Labute approximate surface area is 242 Å². The molecule has 0 bridgehead atoms. The Bertz CT molecular complexity index is 1160. The van der Waals surface area contributed by atoms with Crippen LogP contribution in [-0.2, 0) is 21.7 Å². The summed E-state index contributed by atoms with van der Waals surface area (Å²) >= 11 is 0. The summed E-state index contributed by atoms with van der Waals surface area (Å²) in [6.45, 7) is 0. The van der Waals surface area contributed by atoms with Crippen LogP contribution >= 0.6 is 0 Å². The van der Waals surface area contributed by atoms with Gasteiger partial charge in [0.2, 0.25) is 0 Å². The molecule has 1 aliphatic carbocycles. The van der Waals surface area contributed by atoms with Gasteiger partial charge < -0.3 is 29.9 Å². The van der Waals surface area contributed by atoms with Gasteiger partial charge in [-0.1, -0.05) is 48.6 Å². The second kappa shape index (κ2) is 19.5. The van der Waals surface area contributed by atoms with Crippen LogP contribution in [0.1, 0.15) is 22.6 Å². The molecule has 1 nitrogen and oxygen atoms in total. The van der Waals surface area contributed by atoms with Crippen molar-refractivity contribution in [3.8, 4) is 0 Å². The third-order valence-corrected chi connectivity index (χ3v) is 5.03. The summed E-state index contributed by atoms with van der Waals surface area (Å²) in [4.78, 5) is 0. The number of hydrogen-bond acceptors (Lipinski definition) is 1. The summed E-state index contributed by atoms with van der Waals surface area (Å²) < 4.78 is 0. The van der Waals surface area contributed by atoms with Gasteiger partial charge in [0, 0.05) is 13.0 Å². The Morgan fingerprint density at radius 1 is 0.611 bits per heavy atom. The first-order valence-electron chi connectivity index (χ1n) is 10.9. The summed E-state index contributed by atoms with van der Waals surface area (Å²) in [6, 6.07) is 49.9. The number of aliphatic hydroxyl groups is 1. The van der Waals surface area contributed by atoms with Gasteiger partial charge in [0.25, 0.3) is 0 Å². The average Bonchev–Trinajstić information content (AvgIpc) is 3.37. The molecule has 0 saturated heterocycles. The zero-order valence-electron chi connectivity index (χ0n) is 20.0. The largest absolute Gasteiger partial charge is 2.00 e. The first-order valence-corrected chi connectivity index (χ1v) is 10.9. The molecule has 1 unspecified atom stereocenters. The van der Waals surface area contributed by atoms with E-state index in [4.69, 9.17) is 5.11 Å². The van der Waals surface area contributed by atoms with Gasteiger partial charge in [0.15, 0.2) is 0 Å². The van der Waals surface area contributed by atoms with E-state index >= 15 is 0 Å². The van der Waals surface area contributed by atoms with Crippen LogP contribution in [0.4, 0.5) is 0 Å². The molecule has 0 heterocycles. The van der Waals surface area contributed by atoms with Crippen LogP contribution in [0, 0.1) is 18.2 Å². The van der Waals surface area contributed by atoms with E-state index in [1.807, 2.05) is 60.7 Å². The first-order chi connectivity index (χ1) is 16.4. The molecule has 4 heteroatoms. The van der Waals surface area contributed by atoms with Gasteiger partial charge in [0.1, 0.15) is 0 Å². The predicted molar refractivity (Wildman–Crippen MR) is 139 cm³/mol. The normalized spacial score (nSPS) is 11.7. The molecule has 5 aromatic carbocycles. The molecule has 0 spiro atoms. The van der Waals surface area contributed by atoms with E-state index in [1.54, 1.807) is 0 Å². The number of benzene rings is 5. The Morgan fingerprint density at radius 3 is 1.72 bits per heavy atom. The Balaban J connectivity index is 0.000000603.